The number of ether oxygens (including phenoxy) is 3. The van der Waals surface area contributed by atoms with Gasteiger partial charge in [-0.25, -0.2) is 0 Å². The third kappa shape index (κ3) is 9.02. The van der Waals surface area contributed by atoms with Crippen LogP contribution >= 0.6 is 0 Å². The van der Waals surface area contributed by atoms with Crippen molar-refractivity contribution in [3.8, 4) is 5.75 Å². The second-order valence-electron chi connectivity index (χ2n) is 16.2. The molecule has 3 aliphatic rings. The summed E-state index contributed by atoms with van der Waals surface area (Å²) in [6.07, 6.45) is 2.20. The van der Waals surface area contributed by atoms with Crippen LogP contribution in [0.3, 0.4) is 0 Å². The van der Waals surface area contributed by atoms with E-state index in [2.05, 4.69) is 79.7 Å². The molecule has 0 N–H and O–H groups in total. The standard InChI is InChI=1S/C34H58O7Si3/c1-21(26-18-24-15-14-16-27(36-4)30(24)31(26)35)17-28-34(41-44(11,12)13)33(40-43(8,9)10)25(20-37-28)19-29-32(38-29)22(2)23(3)39-42(5,6)7/h14-16,22-23,25,28-29,32-34H,17-20H2,1-13H3/b26-21+/t22-,23+,25+,28+,29+,32+,33-,34-/m1/s1. The van der Waals surface area contributed by atoms with Gasteiger partial charge in [0.15, 0.2) is 30.7 Å². The zero-order valence-electron chi connectivity index (χ0n) is 29.5. The van der Waals surface area contributed by atoms with Crippen molar-refractivity contribution in [1.82, 2.24) is 0 Å². The second-order valence-corrected chi connectivity index (χ2v) is 29.5. The monoisotopic (exact) mass is 662 g/mol. The first kappa shape index (κ1) is 35.7. The summed E-state index contributed by atoms with van der Waals surface area (Å²) < 4.78 is 38.9. The summed E-state index contributed by atoms with van der Waals surface area (Å²) in [5.41, 5.74) is 3.63. The predicted octanol–water partition coefficient (Wildman–Crippen LogP) is 7.63. The summed E-state index contributed by atoms with van der Waals surface area (Å²) in [7, 11) is -3.91. The lowest BCUT2D eigenvalue weighted by Crippen LogP contribution is -2.58. The maximum Gasteiger partial charge on any atom is 0.193 e. The van der Waals surface area contributed by atoms with E-state index >= 15 is 0 Å². The molecule has 0 radical (unpaired) electrons. The smallest absolute Gasteiger partial charge is 0.193 e. The van der Waals surface area contributed by atoms with Gasteiger partial charge >= 0.3 is 0 Å². The van der Waals surface area contributed by atoms with Crippen molar-refractivity contribution in [3.05, 3.63) is 40.5 Å². The SMILES string of the molecule is COc1cccc2c1C(=O)/C(=C(\C)C[C@@H]1OC[C@H](C[C@@H]3O[C@H]3[C@H](C)[C@H](C)O[Si](C)(C)C)[C@@H](O[Si](C)(C)C)[C@@H]1O[Si](C)(C)C)C2. The largest absolute Gasteiger partial charge is 0.496 e. The molecule has 8 atom stereocenters. The fourth-order valence-corrected chi connectivity index (χ4v) is 10.4. The van der Waals surface area contributed by atoms with Gasteiger partial charge in [-0.2, -0.15) is 0 Å². The summed E-state index contributed by atoms with van der Waals surface area (Å²) in [4.78, 5) is 13.6. The maximum atomic E-state index is 13.6. The molecule has 7 nitrogen and oxygen atoms in total. The van der Waals surface area contributed by atoms with Crippen LogP contribution in [0.5, 0.6) is 5.75 Å². The van der Waals surface area contributed by atoms with Crippen molar-refractivity contribution < 1.29 is 32.3 Å². The Kier molecular flexibility index (Phi) is 11.0. The molecule has 0 amide bonds. The predicted molar refractivity (Wildman–Crippen MR) is 184 cm³/mol. The molecule has 1 aromatic rings. The number of allylic oxidation sites excluding steroid dienone is 1. The molecule has 0 aromatic heterocycles. The molecule has 1 aromatic carbocycles. The number of benzene rings is 1. The Morgan fingerprint density at radius 3 is 2.16 bits per heavy atom. The normalized spacial score (nSPS) is 30.2. The maximum absolute atomic E-state index is 13.6. The van der Waals surface area contributed by atoms with Crippen LogP contribution in [-0.2, 0) is 29.2 Å². The number of ketones is 1. The summed E-state index contributed by atoms with van der Waals surface area (Å²) in [5.74, 6) is 1.21. The first-order valence-electron chi connectivity index (χ1n) is 16.5. The Morgan fingerprint density at radius 1 is 0.932 bits per heavy atom. The lowest BCUT2D eigenvalue weighted by atomic mass is 9.85. The van der Waals surface area contributed by atoms with Crippen LogP contribution in [0, 0.1) is 11.8 Å². The molecule has 248 valence electrons. The second kappa shape index (κ2) is 13.5. The van der Waals surface area contributed by atoms with Gasteiger partial charge in [-0.1, -0.05) is 24.6 Å². The zero-order chi connectivity index (χ0) is 32.8. The average molecular weight is 663 g/mol. The molecule has 0 spiro atoms. The lowest BCUT2D eigenvalue weighted by molar-refractivity contribution is -0.152. The van der Waals surface area contributed by atoms with Gasteiger partial charge in [0.25, 0.3) is 0 Å². The van der Waals surface area contributed by atoms with E-state index in [1.165, 1.54) is 0 Å². The summed E-state index contributed by atoms with van der Waals surface area (Å²) in [5, 5.41) is 0. The van der Waals surface area contributed by atoms with Gasteiger partial charge in [-0.15, -0.1) is 0 Å². The van der Waals surface area contributed by atoms with Crippen LogP contribution < -0.4 is 4.74 Å². The average Bonchev–Trinajstić information content (AvgIpc) is 3.57. The third-order valence-electron chi connectivity index (χ3n) is 8.84. The molecule has 0 bridgehead atoms. The van der Waals surface area contributed by atoms with Crippen molar-refractivity contribution in [1.29, 1.82) is 0 Å². The lowest BCUT2D eigenvalue weighted by Gasteiger charge is -2.47. The molecule has 2 saturated heterocycles. The highest BCUT2D eigenvalue weighted by Crippen LogP contribution is 2.42. The summed E-state index contributed by atoms with van der Waals surface area (Å²) in [6.45, 7) is 27.3. The van der Waals surface area contributed by atoms with Crippen molar-refractivity contribution >= 4 is 30.7 Å². The minimum Gasteiger partial charge on any atom is -0.496 e. The molecular weight excluding hydrogens is 605 g/mol. The molecule has 10 heteroatoms. The van der Waals surface area contributed by atoms with Gasteiger partial charge < -0.3 is 27.5 Å². The van der Waals surface area contributed by atoms with Crippen molar-refractivity contribution in [2.24, 2.45) is 11.8 Å². The topological polar surface area (TPSA) is 75.8 Å². The summed E-state index contributed by atoms with van der Waals surface area (Å²) >= 11 is 0. The Morgan fingerprint density at radius 2 is 1.57 bits per heavy atom. The van der Waals surface area contributed by atoms with Gasteiger partial charge in [-0.05, 0) is 97.2 Å². The number of carbonyl (C=O) groups excluding carboxylic acids is 1. The summed E-state index contributed by atoms with van der Waals surface area (Å²) in [6, 6.07) is 5.85. The fraction of sp³-hybridized carbons (Fsp3) is 0.735. The van der Waals surface area contributed by atoms with E-state index in [9.17, 15) is 4.79 Å². The highest BCUT2D eigenvalue weighted by Gasteiger charge is 2.51. The highest BCUT2D eigenvalue weighted by atomic mass is 28.4. The van der Waals surface area contributed by atoms with Crippen molar-refractivity contribution in [2.45, 2.75) is 136 Å². The Balaban J connectivity index is 1.55. The van der Waals surface area contributed by atoms with Gasteiger partial charge in [0.05, 0.1) is 49.8 Å². The molecule has 44 heavy (non-hydrogen) atoms. The van der Waals surface area contributed by atoms with Gasteiger partial charge in [-0.3, -0.25) is 4.79 Å². The van der Waals surface area contributed by atoms with Crippen LogP contribution in [0.15, 0.2) is 29.3 Å². The van der Waals surface area contributed by atoms with Gasteiger partial charge in [0.2, 0.25) is 0 Å². The number of hydrogen-bond acceptors (Lipinski definition) is 7. The Labute approximate surface area is 269 Å². The minimum atomic E-state index is -1.97. The van der Waals surface area contributed by atoms with Crippen molar-refractivity contribution in [3.63, 3.8) is 0 Å². The number of rotatable bonds is 13. The molecule has 2 heterocycles. The minimum absolute atomic E-state index is 0.0691. The Hall–Kier alpha value is -1.12. The van der Waals surface area contributed by atoms with Crippen LogP contribution in [-0.4, -0.2) is 81.1 Å². The molecule has 4 rings (SSSR count). The van der Waals surface area contributed by atoms with E-state index in [4.69, 9.17) is 27.5 Å². The van der Waals surface area contributed by atoms with E-state index in [-0.39, 0.29) is 48.3 Å². The molecule has 0 saturated carbocycles. The number of carbonyl (C=O) groups is 1. The third-order valence-corrected chi connectivity index (χ3v) is 11.9. The molecule has 2 aliphatic heterocycles. The van der Waals surface area contributed by atoms with E-state index < -0.39 is 25.0 Å². The first-order chi connectivity index (χ1) is 20.3. The fourth-order valence-electron chi connectivity index (χ4n) is 6.80. The van der Waals surface area contributed by atoms with Crippen LogP contribution in [0.25, 0.3) is 0 Å². The quantitative estimate of drug-likeness (QED) is 0.122. The molecule has 2 fully saturated rings. The van der Waals surface area contributed by atoms with E-state index in [0.717, 1.165) is 23.1 Å². The molecule has 0 unspecified atom stereocenters. The van der Waals surface area contributed by atoms with Gasteiger partial charge in [0.1, 0.15) is 5.75 Å². The van der Waals surface area contributed by atoms with Crippen LogP contribution in [0.4, 0.5) is 0 Å². The molecular formula is C34H58O7Si3. The van der Waals surface area contributed by atoms with E-state index in [1.54, 1.807) is 7.11 Å². The first-order valence-corrected chi connectivity index (χ1v) is 26.7. The number of hydrogen-bond donors (Lipinski definition) is 0. The number of Topliss-reactive ketones (excluding diaryl/α,β-unsaturated/α-hetero) is 1. The number of epoxide rings is 1. The highest BCUT2D eigenvalue weighted by molar-refractivity contribution is 6.70. The zero-order valence-corrected chi connectivity index (χ0v) is 32.5. The van der Waals surface area contributed by atoms with E-state index in [0.29, 0.717) is 36.7 Å². The van der Waals surface area contributed by atoms with Crippen LogP contribution in [0.2, 0.25) is 58.9 Å². The Bertz CT molecular complexity index is 1210. The van der Waals surface area contributed by atoms with Gasteiger partial charge in [0, 0.05) is 29.9 Å². The van der Waals surface area contributed by atoms with Crippen LogP contribution in [0.1, 0.15) is 49.5 Å². The number of methoxy groups -OCH3 is 1. The number of fused-ring (bicyclic) bond motifs is 1. The van der Waals surface area contributed by atoms with E-state index in [1.807, 2.05) is 18.2 Å². The molecule has 1 aliphatic carbocycles. The van der Waals surface area contributed by atoms with Crippen molar-refractivity contribution in [2.75, 3.05) is 13.7 Å².